The fourth-order valence-electron chi connectivity index (χ4n) is 2.23. The molecule has 20 heavy (non-hydrogen) atoms. The van der Waals surface area contributed by atoms with Gasteiger partial charge in [0.2, 0.25) is 0 Å². The number of hydrogen-bond acceptors (Lipinski definition) is 3. The van der Waals surface area contributed by atoms with E-state index >= 15 is 0 Å². The molecule has 0 fully saturated rings. The third kappa shape index (κ3) is 2.18. The van der Waals surface area contributed by atoms with Crippen LogP contribution in [0.5, 0.6) is 0 Å². The van der Waals surface area contributed by atoms with Crippen molar-refractivity contribution < 1.29 is 9.59 Å². The van der Waals surface area contributed by atoms with Gasteiger partial charge in [-0.1, -0.05) is 23.7 Å². The lowest BCUT2D eigenvalue weighted by molar-refractivity contribution is 0.0656. The summed E-state index contributed by atoms with van der Waals surface area (Å²) in [6.07, 6.45) is 3.57. The second kappa shape index (κ2) is 5.06. The van der Waals surface area contributed by atoms with Crippen molar-refractivity contribution in [2.75, 3.05) is 6.54 Å². The molecule has 0 saturated carbocycles. The van der Waals surface area contributed by atoms with Crippen molar-refractivity contribution in [1.82, 2.24) is 9.88 Å². The zero-order chi connectivity index (χ0) is 14.1. The smallest absolute Gasteiger partial charge is 0.263 e. The van der Waals surface area contributed by atoms with Gasteiger partial charge in [0.1, 0.15) is 0 Å². The van der Waals surface area contributed by atoms with Crippen LogP contribution in [0.3, 0.4) is 0 Å². The Hall–Kier alpha value is -2.20. The van der Waals surface area contributed by atoms with Crippen molar-refractivity contribution in [2.24, 2.45) is 0 Å². The van der Waals surface area contributed by atoms with Crippen LogP contribution >= 0.6 is 11.6 Å². The highest BCUT2D eigenvalue weighted by Crippen LogP contribution is 2.22. The molecule has 0 saturated heterocycles. The molecule has 1 aliphatic rings. The third-order valence-electron chi connectivity index (χ3n) is 3.31. The number of nitrogens with zero attached hydrogens (tertiary/aromatic N) is 2. The maximum Gasteiger partial charge on any atom is 0.263 e. The number of pyridine rings is 1. The van der Waals surface area contributed by atoms with Crippen molar-refractivity contribution in [1.29, 1.82) is 0 Å². The molecule has 3 rings (SSSR count). The summed E-state index contributed by atoms with van der Waals surface area (Å²) in [6.45, 7) is 0.355. The predicted octanol–water partition coefficient (Wildman–Crippen LogP) is 2.57. The van der Waals surface area contributed by atoms with Gasteiger partial charge < -0.3 is 0 Å². The van der Waals surface area contributed by atoms with E-state index in [1.165, 1.54) is 17.3 Å². The lowest BCUT2D eigenvalue weighted by Crippen LogP contribution is -2.31. The Kier molecular flexibility index (Phi) is 3.24. The second-order valence-electron chi connectivity index (χ2n) is 4.56. The summed E-state index contributed by atoms with van der Waals surface area (Å²) in [4.78, 5) is 29.4. The minimum atomic E-state index is -0.271. The summed E-state index contributed by atoms with van der Waals surface area (Å²) in [5, 5.41) is 0.667. The number of amides is 2. The van der Waals surface area contributed by atoms with E-state index in [4.69, 9.17) is 11.6 Å². The maximum atomic E-state index is 12.1. The van der Waals surface area contributed by atoms with Crippen LogP contribution in [0, 0.1) is 0 Å². The minimum Gasteiger partial charge on any atom is -0.274 e. The molecule has 1 aromatic carbocycles. The van der Waals surface area contributed by atoms with Gasteiger partial charge in [-0.25, -0.2) is 0 Å². The molecular weight excluding hydrogens is 276 g/mol. The molecular formula is C15H11ClN2O2. The number of carbonyl (C=O) groups excluding carboxylic acids is 2. The van der Waals surface area contributed by atoms with Crippen LogP contribution in [0.2, 0.25) is 5.02 Å². The van der Waals surface area contributed by atoms with E-state index in [2.05, 4.69) is 4.98 Å². The number of aromatic nitrogens is 1. The van der Waals surface area contributed by atoms with Crippen molar-refractivity contribution in [2.45, 2.75) is 6.42 Å². The number of imide groups is 1. The molecule has 2 heterocycles. The highest BCUT2D eigenvalue weighted by Gasteiger charge is 2.34. The molecule has 4 nitrogen and oxygen atoms in total. The zero-order valence-corrected chi connectivity index (χ0v) is 11.3. The Morgan fingerprint density at radius 1 is 1.00 bits per heavy atom. The number of fused-ring (bicyclic) bond motifs is 1. The van der Waals surface area contributed by atoms with Gasteiger partial charge in [0.15, 0.2) is 0 Å². The molecule has 0 spiro atoms. The van der Waals surface area contributed by atoms with Crippen LogP contribution in [-0.4, -0.2) is 28.2 Å². The van der Waals surface area contributed by atoms with Crippen LogP contribution in [0.4, 0.5) is 0 Å². The highest BCUT2D eigenvalue weighted by molar-refractivity contribution is 6.30. The largest absolute Gasteiger partial charge is 0.274 e. The van der Waals surface area contributed by atoms with Crippen LogP contribution in [0.25, 0.3) is 0 Å². The van der Waals surface area contributed by atoms with Crippen molar-refractivity contribution in [3.8, 4) is 0 Å². The Morgan fingerprint density at radius 3 is 2.40 bits per heavy atom. The zero-order valence-electron chi connectivity index (χ0n) is 10.5. The average molecular weight is 287 g/mol. The first-order valence-electron chi connectivity index (χ1n) is 6.21. The molecule has 1 aliphatic heterocycles. The standard InChI is InChI=1S/C15H11ClN2O2/c16-11-3-1-10(2-4-11)6-8-18-14(19)12-5-7-17-9-13(12)15(18)20/h1-5,7,9H,6,8H2. The molecule has 0 unspecified atom stereocenters. The SMILES string of the molecule is O=C1c2ccncc2C(=O)N1CCc1ccc(Cl)cc1. The van der Waals surface area contributed by atoms with Gasteiger partial charge in [0.05, 0.1) is 11.1 Å². The van der Waals surface area contributed by atoms with E-state index < -0.39 is 0 Å². The summed E-state index contributed by atoms with van der Waals surface area (Å²) in [7, 11) is 0. The monoisotopic (exact) mass is 286 g/mol. The van der Waals surface area contributed by atoms with Crippen LogP contribution < -0.4 is 0 Å². The van der Waals surface area contributed by atoms with Gasteiger partial charge in [0.25, 0.3) is 11.8 Å². The average Bonchev–Trinajstić information content (AvgIpc) is 2.71. The van der Waals surface area contributed by atoms with E-state index in [1.807, 2.05) is 12.1 Å². The third-order valence-corrected chi connectivity index (χ3v) is 3.56. The fraction of sp³-hybridized carbons (Fsp3) is 0.133. The molecule has 5 heteroatoms. The lowest BCUT2D eigenvalue weighted by atomic mass is 10.1. The number of rotatable bonds is 3. The Balaban J connectivity index is 1.75. The minimum absolute atomic E-state index is 0.249. The molecule has 1 aromatic heterocycles. The van der Waals surface area contributed by atoms with E-state index in [-0.39, 0.29) is 11.8 Å². The van der Waals surface area contributed by atoms with Gasteiger partial charge in [0, 0.05) is 24.0 Å². The number of benzene rings is 1. The normalized spacial score (nSPS) is 13.8. The van der Waals surface area contributed by atoms with E-state index in [1.54, 1.807) is 18.2 Å². The molecule has 100 valence electrons. The van der Waals surface area contributed by atoms with Gasteiger partial charge in [-0.05, 0) is 30.2 Å². The first kappa shape index (κ1) is 12.8. The Bertz CT molecular complexity index is 648. The molecule has 2 amide bonds. The Morgan fingerprint density at radius 2 is 1.70 bits per heavy atom. The lowest BCUT2D eigenvalue weighted by Gasteiger charge is -2.13. The highest BCUT2D eigenvalue weighted by atomic mass is 35.5. The quantitative estimate of drug-likeness (QED) is 0.815. The summed E-state index contributed by atoms with van der Waals surface area (Å²) in [6, 6.07) is 8.95. The molecule has 0 bridgehead atoms. The molecule has 0 N–H and O–H groups in total. The van der Waals surface area contributed by atoms with E-state index in [0.29, 0.717) is 29.1 Å². The van der Waals surface area contributed by atoms with E-state index in [0.717, 1.165) is 5.56 Å². The van der Waals surface area contributed by atoms with Gasteiger partial charge in [-0.3, -0.25) is 19.5 Å². The molecule has 0 aliphatic carbocycles. The summed E-state index contributed by atoms with van der Waals surface area (Å²) in [5.74, 6) is -0.520. The van der Waals surface area contributed by atoms with Crippen molar-refractivity contribution in [3.63, 3.8) is 0 Å². The predicted molar refractivity (Wildman–Crippen MR) is 74.8 cm³/mol. The van der Waals surface area contributed by atoms with Gasteiger partial charge in [-0.15, -0.1) is 0 Å². The first-order chi connectivity index (χ1) is 9.66. The fourth-order valence-corrected chi connectivity index (χ4v) is 2.36. The second-order valence-corrected chi connectivity index (χ2v) is 5.00. The van der Waals surface area contributed by atoms with Gasteiger partial charge in [-0.2, -0.15) is 0 Å². The van der Waals surface area contributed by atoms with Crippen LogP contribution in [0.15, 0.2) is 42.7 Å². The Labute approximate surface area is 121 Å². The summed E-state index contributed by atoms with van der Waals surface area (Å²) in [5.41, 5.74) is 1.85. The first-order valence-corrected chi connectivity index (χ1v) is 6.59. The topological polar surface area (TPSA) is 50.3 Å². The number of carbonyl (C=O) groups is 2. The molecule has 0 atom stereocenters. The van der Waals surface area contributed by atoms with Crippen molar-refractivity contribution >= 4 is 23.4 Å². The number of halogens is 1. The summed E-state index contributed by atoms with van der Waals surface area (Å²) < 4.78 is 0. The number of hydrogen-bond donors (Lipinski definition) is 0. The molecule has 0 radical (unpaired) electrons. The molecule has 2 aromatic rings. The maximum absolute atomic E-state index is 12.1. The van der Waals surface area contributed by atoms with E-state index in [9.17, 15) is 9.59 Å². The van der Waals surface area contributed by atoms with Crippen LogP contribution in [-0.2, 0) is 6.42 Å². The van der Waals surface area contributed by atoms with Crippen molar-refractivity contribution in [3.05, 3.63) is 64.4 Å². The summed E-state index contributed by atoms with van der Waals surface area (Å²) >= 11 is 5.82. The van der Waals surface area contributed by atoms with Gasteiger partial charge >= 0.3 is 0 Å². The van der Waals surface area contributed by atoms with Crippen LogP contribution in [0.1, 0.15) is 26.3 Å².